The van der Waals surface area contributed by atoms with Gasteiger partial charge in [-0.25, -0.2) is 0 Å². The second-order valence-electron chi connectivity index (χ2n) is 1.45. The summed E-state index contributed by atoms with van der Waals surface area (Å²) in [6.45, 7) is 1.61. The molecule has 0 aromatic heterocycles. The van der Waals surface area contributed by atoms with Crippen LogP contribution in [0.2, 0.25) is 0 Å². The van der Waals surface area contributed by atoms with Crippen molar-refractivity contribution in [1.29, 1.82) is 0 Å². The Hall–Kier alpha value is -0.410. The topological polar surface area (TPSA) is 63.3 Å². The minimum atomic E-state index is -0.298. The summed E-state index contributed by atoms with van der Waals surface area (Å²) < 4.78 is 0. The molecule has 0 atom stereocenters. The first kappa shape index (κ1) is 11.4. The summed E-state index contributed by atoms with van der Waals surface area (Å²) in [5, 5.41) is 8.12. The molecule has 0 spiro atoms. The number of rotatable bonds is 3. The zero-order valence-electron chi connectivity index (χ0n) is 6.05. The molecule has 0 aliphatic carbocycles. The molecule has 0 amide bonds. The molecule has 0 aromatic carbocycles. The van der Waals surface area contributed by atoms with Crippen LogP contribution in [-0.4, -0.2) is 24.5 Å². The van der Waals surface area contributed by atoms with Crippen molar-refractivity contribution in [3.63, 3.8) is 0 Å². The van der Waals surface area contributed by atoms with Gasteiger partial charge in [0.1, 0.15) is 6.61 Å². The van der Waals surface area contributed by atoms with Gasteiger partial charge in [0.2, 0.25) is 0 Å². The smallest absolute Gasteiger partial charge is 0.158 e. The van der Waals surface area contributed by atoms with Crippen molar-refractivity contribution >= 4 is 5.78 Å². The van der Waals surface area contributed by atoms with Crippen molar-refractivity contribution in [3.05, 3.63) is 0 Å². The maximum Gasteiger partial charge on any atom is 0.158 e. The Labute approximate surface area is 55.9 Å². The third-order valence-electron chi connectivity index (χ3n) is 0.705. The van der Waals surface area contributed by atoms with Crippen LogP contribution >= 0.6 is 0 Å². The minimum absolute atomic E-state index is 0.0671. The molecular formula is C6H15NO2. The number of carbonyl (C=O) groups excluding carboxylic acids is 1. The van der Waals surface area contributed by atoms with Crippen LogP contribution in [0, 0.1) is 0 Å². The Balaban J connectivity index is 0. The first-order valence-corrected chi connectivity index (χ1v) is 3.01. The van der Waals surface area contributed by atoms with E-state index < -0.39 is 0 Å². The highest BCUT2D eigenvalue weighted by Crippen LogP contribution is 1.85. The molecule has 0 bridgehead atoms. The van der Waals surface area contributed by atoms with Crippen LogP contribution in [0.4, 0.5) is 0 Å². The molecule has 3 heteroatoms. The average molecular weight is 133 g/mol. The molecule has 0 aliphatic rings. The molecule has 0 heterocycles. The molecule has 0 unspecified atom stereocenters. The highest BCUT2D eigenvalue weighted by atomic mass is 16.3. The number of carbonyl (C=O) groups is 1. The average Bonchev–Trinajstić information content (AvgIpc) is 1.93. The van der Waals surface area contributed by atoms with Gasteiger partial charge >= 0.3 is 0 Å². The fourth-order valence-corrected chi connectivity index (χ4v) is 0.358. The molecule has 0 saturated carbocycles. The summed E-state index contributed by atoms with van der Waals surface area (Å²) in [4.78, 5) is 10.2. The van der Waals surface area contributed by atoms with E-state index in [1.54, 1.807) is 0 Å². The van der Waals surface area contributed by atoms with Crippen molar-refractivity contribution in [2.24, 2.45) is 5.73 Å². The van der Waals surface area contributed by atoms with Crippen LogP contribution in [0.25, 0.3) is 0 Å². The van der Waals surface area contributed by atoms with Crippen LogP contribution in [0.15, 0.2) is 0 Å². The Morgan fingerprint density at radius 1 is 1.56 bits per heavy atom. The number of aliphatic hydroxyl groups excluding tert-OH is 1. The quantitative estimate of drug-likeness (QED) is 0.566. The van der Waals surface area contributed by atoms with Gasteiger partial charge in [0.25, 0.3) is 0 Å². The Bertz CT molecular complexity index is 64.1. The van der Waals surface area contributed by atoms with Crippen molar-refractivity contribution in [2.45, 2.75) is 19.8 Å². The number of aliphatic hydroxyl groups is 1. The van der Waals surface area contributed by atoms with Crippen molar-refractivity contribution in [2.75, 3.05) is 13.7 Å². The summed E-state index contributed by atoms with van der Waals surface area (Å²) in [6, 6.07) is 0. The number of ketones is 1. The molecule has 56 valence electrons. The lowest BCUT2D eigenvalue weighted by Crippen LogP contribution is -2.01. The molecule has 0 radical (unpaired) electrons. The largest absolute Gasteiger partial charge is 0.389 e. The molecule has 9 heavy (non-hydrogen) atoms. The SMILES string of the molecule is CCCC(=O)CO.CN. The van der Waals surface area contributed by atoms with Gasteiger partial charge in [-0.05, 0) is 13.5 Å². The van der Waals surface area contributed by atoms with E-state index in [-0.39, 0.29) is 12.4 Å². The first-order chi connectivity index (χ1) is 4.31. The van der Waals surface area contributed by atoms with Crippen LogP contribution in [0.3, 0.4) is 0 Å². The Morgan fingerprint density at radius 2 is 2.00 bits per heavy atom. The number of hydrogen-bond donors (Lipinski definition) is 2. The van der Waals surface area contributed by atoms with E-state index in [1.807, 2.05) is 6.92 Å². The van der Waals surface area contributed by atoms with Gasteiger partial charge in [-0.2, -0.15) is 0 Å². The number of hydrogen-bond acceptors (Lipinski definition) is 3. The second-order valence-corrected chi connectivity index (χ2v) is 1.45. The lowest BCUT2D eigenvalue weighted by atomic mass is 10.2. The van der Waals surface area contributed by atoms with Gasteiger partial charge in [-0.1, -0.05) is 6.92 Å². The molecule has 0 aliphatic heterocycles. The standard InChI is InChI=1S/C5H10O2.CH5N/c1-2-3-5(7)4-6;1-2/h6H,2-4H2,1H3;2H2,1H3. The summed E-state index contributed by atoms with van der Waals surface area (Å²) in [6.07, 6.45) is 1.34. The van der Waals surface area contributed by atoms with Crippen LogP contribution in [-0.2, 0) is 4.79 Å². The molecule has 0 aromatic rings. The van der Waals surface area contributed by atoms with E-state index in [2.05, 4.69) is 5.73 Å². The van der Waals surface area contributed by atoms with Crippen LogP contribution < -0.4 is 5.73 Å². The lowest BCUT2D eigenvalue weighted by Gasteiger charge is -1.86. The predicted octanol–water partition coefficient (Wildman–Crippen LogP) is -0.0772. The Morgan fingerprint density at radius 3 is 2.11 bits per heavy atom. The van der Waals surface area contributed by atoms with Gasteiger partial charge < -0.3 is 10.8 Å². The first-order valence-electron chi connectivity index (χ1n) is 3.01. The van der Waals surface area contributed by atoms with Crippen LogP contribution in [0.1, 0.15) is 19.8 Å². The van der Waals surface area contributed by atoms with E-state index in [4.69, 9.17) is 5.11 Å². The molecular weight excluding hydrogens is 118 g/mol. The van der Waals surface area contributed by atoms with Crippen molar-refractivity contribution < 1.29 is 9.90 Å². The normalized spacial score (nSPS) is 7.56. The second kappa shape index (κ2) is 10.5. The molecule has 0 rings (SSSR count). The van der Waals surface area contributed by atoms with Crippen LogP contribution in [0.5, 0.6) is 0 Å². The maximum atomic E-state index is 10.2. The van der Waals surface area contributed by atoms with Crippen molar-refractivity contribution in [1.82, 2.24) is 0 Å². The summed E-state index contributed by atoms with van der Waals surface area (Å²) in [7, 11) is 1.50. The minimum Gasteiger partial charge on any atom is -0.389 e. The van der Waals surface area contributed by atoms with Gasteiger partial charge in [0.15, 0.2) is 5.78 Å². The summed E-state index contributed by atoms with van der Waals surface area (Å²) in [5.74, 6) is -0.0671. The molecule has 0 fully saturated rings. The molecule has 3 nitrogen and oxygen atoms in total. The lowest BCUT2D eigenvalue weighted by molar-refractivity contribution is -0.121. The predicted molar refractivity (Wildman–Crippen MR) is 37.1 cm³/mol. The van der Waals surface area contributed by atoms with Gasteiger partial charge in [-0.15, -0.1) is 0 Å². The van der Waals surface area contributed by atoms with Crippen molar-refractivity contribution in [3.8, 4) is 0 Å². The summed E-state index contributed by atoms with van der Waals surface area (Å²) >= 11 is 0. The zero-order valence-corrected chi connectivity index (χ0v) is 6.05. The molecule has 3 N–H and O–H groups in total. The molecule has 0 saturated heterocycles. The maximum absolute atomic E-state index is 10.2. The third kappa shape index (κ3) is 11.3. The Kier molecular flexibility index (Phi) is 13.4. The number of Topliss-reactive ketones (excluding diaryl/α,β-unsaturated/α-hetero) is 1. The van der Waals surface area contributed by atoms with Gasteiger partial charge in [-0.3, -0.25) is 4.79 Å². The van der Waals surface area contributed by atoms with E-state index in [0.717, 1.165) is 6.42 Å². The van der Waals surface area contributed by atoms with Gasteiger partial charge in [0.05, 0.1) is 0 Å². The zero-order chi connectivity index (χ0) is 7.70. The fraction of sp³-hybridized carbons (Fsp3) is 0.833. The van der Waals surface area contributed by atoms with Gasteiger partial charge in [0, 0.05) is 6.42 Å². The van der Waals surface area contributed by atoms with E-state index in [0.29, 0.717) is 6.42 Å². The highest BCUT2D eigenvalue weighted by Gasteiger charge is 1.92. The third-order valence-corrected chi connectivity index (χ3v) is 0.705. The van der Waals surface area contributed by atoms with E-state index in [1.165, 1.54) is 7.05 Å². The fourth-order valence-electron chi connectivity index (χ4n) is 0.358. The summed E-state index contributed by atoms with van der Waals surface area (Å²) in [5.41, 5.74) is 4.50. The highest BCUT2D eigenvalue weighted by molar-refractivity contribution is 5.79. The van der Waals surface area contributed by atoms with E-state index in [9.17, 15) is 4.79 Å². The van der Waals surface area contributed by atoms with E-state index >= 15 is 0 Å². The number of nitrogens with two attached hydrogens (primary N) is 1. The monoisotopic (exact) mass is 133 g/mol.